The molecule has 1 amide bonds. The van der Waals surface area contributed by atoms with Crippen LogP contribution in [-0.2, 0) is 14.3 Å². The lowest BCUT2D eigenvalue weighted by Gasteiger charge is -2.20. The van der Waals surface area contributed by atoms with Gasteiger partial charge in [-0.1, -0.05) is 30.3 Å². The molecule has 5 heteroatoms. The lowest BCUT2D eigenvalue weighted by Crippen LogP contribution is -2.32. The molecule has 0 saturated carbocycles. The van der Waals surface area contributed by atoms with Crippen LogP contribution < -0.4 is 5.32 Å². The van der Waals surface area contributed by atoms with Gasteiger partial charge in [-0.3, -0.25) is 9.59 Å². The molecule has 0 aromatic heterocycles. The van der Waals surface area contributed by atoms with Gasteiger partial charge in [0, 0.05) is 26.2 Å². The van der Waals surface area contributed by atoms with Crippen molar-refractivity contribution in [1.82, 2.24) is 5.32 Å². The summed E-state index contributed by atoms with van der Waals surface area (Å²) in [7, 11) is 3.20. The Labute approximate surface area is 125 Å². The molecule has 0 aliphatic carbocycles. The Morgan fingerprint density at radius 3 is 2.38 bits per heavy atom. The Morgan fingerprint density at radius 1 is 1.14 bits per heavy atom. The van der Waals surface area contributed by atoms with Crippen LogP contribution in [0.3, 0.4) is 0 Å². The van der Waals surface area contributed by atoms with E-state index >= 15 is 0 Å². The van der Waals surface area contributed by atoms with Crippen LogP contribution in [0.2, 0.25) is 0 Å². The molecule has 0 fully saturated rings. The molecule has 0 spiro atoms. The van der Waals surface area contributed by atoms with E-state index in [1.54, 1.807) is 38.5 Å². The molecule has 0 aliphatic rings. The van der Waals surface area contributed by atoms with E-state index in [2.05, 4.69) is 5.32 Å². The van der Waals surface area contributed by atoms with E-state index in [1.165, 1.54) is 0 Å². The van der Waals surface area contributed by atoms with E-state index in [0.717, 1.165) is 0 Å². The summed E-state index contributed by atoms with van der Waals surface area (Å²) < 4.78 is 10.5. The first kappa shape index (κ1) is 17.3. The minimum absolute atomic E-state index is 0.0142. The molecule has 2 atom stereocenters. The number of ether oxygens (including phenoxy) is 2. The van der Waals surface area contributed by atoms with Crippen molar-refractivity contribution in [3.05, 3.63) is 35.9 Å². The zero-order valence-electron chi connectivity index (χ0n) is 12.8. The predicted octanol–water partition coefficient (Wildman–Crippen LogP) is 1.82. The Hall–Kier alpha value is -1.72. The van der Waals surface area contributed by atoms with Crippen LogP contribution in [-0.4, -0.2) is 44.7 Å². The van der Waals surface area contributed by atoms with Gasteiger partial charge in [-0.15, -0.1) is 0 Å². The van der Waals surface area contributed by atoms with Crippen LogP contribution >= 0.6 is 0 Å². The number of hydrogen-bond acceptors (Lipinski definition) is 4. The highest BCUT2D eigenvalue weighted by atomic mass is 16.5. The van der Waals surface area contributed by atoms with E-state index in [1.807, 2.05) is 13.0 Å². The SMILES string of the molecule is COC(C)C(CCC(=O)NCC(=O)c1ccccc1)OC. The topological polar surface area (TPSA) is 64.6 Å². The number of rotatable bonds is 9. The van der Waals surface area contributed by atoms with Crippen LogP contribution in [0.5, 0.6) is 0 Å². The van der Waals surface area contributed by atoms with Crippen molar-refractivity contribution in [3.63, 3.8) is 0 Å². The third-order valence-electron chi connectivity index (χ3n) is 3.40. The molecule has 0 aliphatic heterocycles. The normalized spacial score (nSPS) is 13.5. The second-order valence-electron chi connectivity index (χ2n) is 4.82. The predicted molar refractivity (Wildman–Crippen MR) is 80.3 cm³/mol. The maximum Gasteiger partial charge on any atom is 0.220 e. The Kier molecular flexibility index (Phi) is 7.64. The van der Waals surface area contributed by atoms with Gasteiger partial charge < -0.3 is 14.8 Å². The maximum atomic E-state index is 11.8. The van der Waals surface area contributed by atoms with Crippen molar-refractivity contribution in [2.24, 2.45) is 0 Å². The highest BCUT2D eigenvalue weighted by molar-refractivity contribution is 5.99. The van der Waals surface area contributed by atoms with Gasteiger partial charge in [0.1, 0.15) is 0 Å². The van der Waals surface area contributed by atoms with Gasteiger partial charge in [0.05, 0.1) is 18.8 Å². The lowest BCUT2D eigenvalue weighted by molar-refractivity contribution is -0.122. The number of amides is 1. The van der Waals surface area contributed by atoms with Crippen molar-refractivity contribution in [3.8, 4) is 0 Å². The fourth-order valence-corrected chi connectivity index (χ4v) is 1.96. The number of methoxy groups -OCH3 is 2. The minimum atomic E-state index is -0.162. The lowest BCUT2D eigenvalue weighted by atomic mass is 10.1. The summed E-state index contributed by atoms with van der Waals surface area (Å²) in [6.45, 7) is 1.91. The fourth-order valence-electron chi connectivity index (χ4n) is 1.96. The van der Waals surface area contributed by atoms with Crippen LogP contribution in [0.1, 0.15) is 30.1 Å². The molecule has 0 bridgehead atoms. The van der Waals surface area contributed by atoms with Crippen LogP contribution in [0, 0.1) is 0 Å². The van der Waals surface area contributed by atoms with Gasteiger partial charge in [-0.05, 0) is 13.3 Å². The van der Waals surface area contributed by atoms with Crippen molar-refractivity contribution in [2.45, 2.75) is 32.0 Å². The number of ketones is 1. The van der Waals surface area contributed by atoms with Crippen molar-refractivity contribution >= 4 is 11.7 Å². The van der Waals surface area contributed by atoms with Crippen LogP contribution in [0.25, 0.3) is 0 Å². The van der Waals surface area contributed by atoms with Gasteiger partial charge in [0.2, 0.25) is 5.91 Å². The zero-order valence-corrected chi connectivity index (χ0v) is 12.8. The Balaban J connectivity index is 2.33. The summed E-state index contributed by atoms with van der Waals surface area (Å²) in [5.41, 5.74) is 0.598. The van der Waals surface area contributed by atoms with Crippen LogP contribution in [0.4, 0.5) is 0 Å². The van der Waals surface area contributed by atoms with Gasteiger partial charge in [0.15, 0.2) is 5.78 Å². The summed E-state index contributed by atoms with van der Waals surface area (Å²) in [4.78, 5) is 23.6. The second kappa shape index (κ2) is 9.26. The van der Waals surface area contributed by atoms with Crippen molar-refractivity contribution < 1.29 is 19.1 Å². The van der Waals surface area contributed by atoms with Crippen LogP contribution in [0.15, 0.2) is 30.3 Å². The molecule has 21 heavy (non-hydrogen) atoms. The van der Waals surface area contributed by atoms with Gasteiger partial charge in [-0.25, -0.2) is 0 Å². The standard InChI is InChI=1S/C16H23NO4/c1-12(20-2)15(21-3)9-10-16(19)17-11-14(18)13-7-5-4-6-8-13/h4-8,12,15H,9-11H2,1-3H3,(H,17,19). The molecular weight excluding hydrogens is 270 g/mol. The zero-order chi connectivity index (χ0) is 15.7. The molecule has 0 radical (unpaired) electrons. The fraction of sp³-hybridized carbons (Fsp3) is 0.500. The molecule has 0 saturated heterocycles. The number of benzene rings is 1. The number of carbonyl (C=O) groups is 2. The summed E-state index contributed by atoms with van der Waals surface area (Å²) in [5, 5.41) is 2.63. The van der Waals surface area contributed by atoms with Gasteiger partial charge in [0.25, 0.3) is 0 Å². The van der Waals surface area contributed by atoms with Gasteiger partial charge >= 0.3 is 0 Å². The molecule has 5 nitrogen and oxygen atoms in total. The minimum Gasteiger partial charge on any atom is -0.379 e. The highest BCUT2D eigenvalue weighted by Crippen LogP contribution is 2.09. The summed E-state index contributed by atoms with van der Waals surface area (Å²) in [6.07, 6.45) is 0.643. The van der Waals surface area contributed by atoms with Crippen molar-refractivity contribution in [2.75, 3.05) is 20.8 Å². The Bertz CT molecular complexity index is 447. The first-order valence-electron chi connectivity index (χ1n) is 6.99. The summed E-state index contributed by atoms with van der Waals surface area (Å²) >= 11 is 0. The smallest absolute Gasteiger partial charge is 0.220 e. The second-order valence-corrected chi connectivity index (χ2v) is 4.82. The van der Waals surface area contributed by atoms with E-state index in [-0.39, 0.29) is 30.4 Å². The summed E-state index contributed by atoms with van der Waals surface area (Å²) in [5.74, 6) is -0.262. The third kappa shape index (κ3) is 6.06. The molecule has 2 unspecified atom stereocenters. The third-order valence-corrected chi connectivity index (χ3v) is 3.40. The first-order valence-corrected chi connectivity index (χ1v) is 6.99. The number of nitrogens with one attached hydrogen (secondary N) is 1. The maximum absolute atomic E-state index is 11.8. The average molecular weight is 293 g/mol. The quantitative estimate of drug-likeness (QED) is 0.705. The Morgan fingerprint density at radius 2 is 1.81 bits per heavy atom. The van der Waals surface area contributed by atoms with E-state index < -0.39 is 0 Å². The number of carbonyl (C=O) groups excluding carboxylic acids is 2. The monoisotopic (exact) mass is 293 g/mol. The molecule has 0 heterocycles. The molecule has 116 valence electrons. The number of hydrogen-bond donors (Lipinski definition) is 1. The molecule has 1 aromatic rings. The highest BCUT2D eigenvalue weighted by Gasteiger charge is 2.17. The molecule has 1 rings (SSSR count). The van der Waals surface area contributed by atoms with Gasteiger partial charge in [-0.2, -0.15) is 0 Å². The largest absolute Gasteiger partial charge is 0.379 e. The van der Waals surface area contributed by atoms with E-state index in [4.69, 9.17) is 9.47 Å². The molecule has 1 N–H and O–H groups in total. The first-order chi connectivity index (χ1) is 10.1. The average Bonchev–Trinajstić information content (AvgIpc) is 2.53. The molecule has 1 aromatic carbocycles. The van der Waals surface area contributed by atoms with E-state index in [0.29, 0.717) is 18.4 Å². The van der Waals surface area contributed by atoms with Crippen molar-refractivity contribution in [1.29, 1.82) is 0 Å². The number of Topliss-reactive ketones (excluding diaryl/α,β-unsaturated/α-hetero) is 1. The molecular formula is C16H23NO4. The summed E-state index contributed by atoms with van der Waals surface area (Å²) in [6, 6.07) is 8.90. The van der Waals surface area contributed by atoms with E-state index in [9.17, 15) is 9.59 Å².